The van der Waals surface area contributed by atoms with E-state index in [9.17, 15) is 12.8 Å². The van der Waals surface area contributed by atoms with Gasteiger partial charge in [0.25, 0.3) is 0 Å². The lowest BCUT2D eigenvalue weighted by atomic mass is 10.2. The second-order valence-electron chi connectivity index (χ2n) is 6.30. The van der Waals surface area contributed by atoms with Crippen LogP contribution in [0.25, 0.3) is 0 Å². The van der Waals surface area contributed by atoms with Crippen molar-refractivity contribution in [3.8, 4) is 12.3 Å². The molecule has 0 aliphatic rings. The van der Waals surface area contributed by atoms with Crippen molar-refractivity contribution in [2.75, 3.05) is 22.5 Å². The van der Waals surface area contributed by atoms with Crippen molar-refractivity contribution in [2.24, 2.45) is 5.14 Å². The van der Waals surface area contributed by atoms with E-state index in [0.29, 0.717) is 23.5 Å². The van der Waals surface area contributed by atoms with Gasteiger partial charge in [0.05, 0.1) is 17.6 Å². The van der Waals surface area contributed by atoms with Gasteiger partial charge >= 0.3 is 0 Å². The Balaban J connectivity index is 1.80. The smallest absolute Gasteiger partial charge is 0.238 e. The number of sulfonamides is 1. The topological polar surface area (TPSA) is 122 Å². The van der Waals surface area contributed by atoms with Crippen LogP contribution >= 0.6 is 0 Å². The molecule has 0 saturated carbocycles. The number of aryl methyl sites for hydroxylation is 1. The Bertz CT molecular complexity index is 1210. The number of hydrogen-bond acceptors (Lipinski definition) is 7. The van der Waals surface area contributed by atoms with Crippen molar-refractivity contribution >= 4 is 38.9 Å². The third-order valence-electron chi connectivity index (χ3n) is 4.04. The van der Waals surface area contributed by atoms with Crippen LogP contribution in [-0.4, -0.2) is 24.9 Å². The molecule has 2 aromatic carbocycles. The molecule has 0 aliphatic carbocycles. The van der Waals surface area contributed by atoms with E-state index in [4.69, 9.17) is 11.6 Å². The Morgan fingerprint density at radius 2 is 1.77 bits per heavy atom. The molecule has 0 fully saturated rings. The number of primary sulfonamides is 1. The normalized spacial score (nSPS) is 10.9. The van der Waals surface area contributed by atoms with E-state index < -0.39 is 15.8 Å². The maximum absolute atomic E-state index is 14.2. The lowest BCUT2D eigenvalue weighted by Gasteiger charge is -2.11. The molecule has 0 unspecified atom stereocenters. The SMILES string of the molecule is C#CCNc1ccc(Nc2nc(Nc3ccc(C)c(S(N)(=O)=O)c3)ncc2F)cc1. The maximum Gasteiger partial charge on any atom is 0.238 e. The molecule has 8 nitrogen and oxygen atoms in total. The van der Waals surface area contributed by atoms with Gasteiger partial charge in [-0.2, -0.15) is 4.98 Å². The van der Waals surface area contributed by atoms with Gasteiger partial charge in [-0.15, -0.1) is 6.42 Å². The number of hydrogen-bond donors (Lipinski definition) is 4. The van der Waals surface area contributed by atoms with Gasteiger partial charge < -0.3 is 16.0 Å². The molecule has 5 N–H and O–H groups in total. The fourth-order valence-corrected chi connectivity index (χ4v) is 3.40. The molecule has 3 rings (SSSR count). The van der Waals surface area contributed by atoms with E-state index in [1.54, 1.807) is 43.3 Å². The predicted molar refractivity (Wildman–Crippen MR) is 115 cm³/mol. The highest BCUT2D eigenvalue weighted by molar-refractivity contribution is 7.89. The minimum absolute atomic E-state index is 0.0218. The molecule has 1 aromatic heterocycles. The Kier molecular flexibility index (Phi) is 6.15. The molecule has 0 radical (unpaired) electrons. The van der Waals surface area contributed by atoms with Crippen LogP contribution in [0.5, 0.6) is 0 Å². The van der Waals surface area contributed by atoms with Crippen LogP contribution in [0.15, 0.2) is 53.6 Å². The molecule has 3 aromatic rings. The van der Waals surface area contributed by atoms with E-state index in [-0.39, 0.29) is 16.7 Å². The number of aromatic nitrogens is 2. The number of anilines is 5. The zero-order valence-electron chi connectivity index (χ0n) is 16.0. The highest BCUT2D eigenvalue weighted by Crippen LogP contribution is 2.24. The van der Waals surface area contributed by atoms with Crippen LogP contribution in [-0.2, 0) is 10.0 Å². The minimum Gasteiger partial charge on any atom is -0.374 e. The lowest BCUT2D eigenvalue weighted by molar-refractivity contribution is 0.597. The molecule has 0 saturated heterocycles. The summed E-state index contributed by atoms with van der Waals surface area (Å²) in [4.78, 5) is 7.99. The number of terminal acetylenes is 1. The molecular formula is C20H19FN6O2S. The van der Waals surface area contributed by atoms with Gasteiger partial charge in [-0.05, 0) is 48.9 Å². The van der Waals surface area contributed by atoms with Gasteiger partial charge in [0.2, 0.25) is 16.0 Å². The number of nitrogens with one attached hydrogen (secondary N) is 3. The second-order valence-corrected chi connectivity index (χ2v) is 7.83. The van der Waals surface area contributed by atoms with Crippen molar-refractivity contribution < 1.29 is 12.8 Å². The van der Waals surface area contributed by atoms with Crippen LogP contribution in [0.4, 0.5) is 33.2 Å². The van der Waals surface area contributed by atoms with Crippen LogP contribution in [0.3, 0.4) is 0 Å². The summed E-state index contributed by atoms with van der Waals surface area (Å²) in [5.41, 5.74) is 2.34. The van der Waals surface area contributed by atoms with Gasteiger partial charge in [0.1, 0.15) is 0 Å². The largest absolute Gasteiger partial charge is 0.374 e. The first kappa shape index (κ1) is 21.0. The summed E-state index contributed by atoms with van der Waals surface area (Å²) >= 11 is 0. The van der Waals surface area contributed by atoms with Gasteiger partial charge in [0, 0.05) is 17.1 Å². The molecule has 0 bridgehead atoms. The van der Waals surface area contributed by atoms with Crippen LogP contribution in [0.1, 0.15) is 5.56 Å². The molecule has 0 aliphatic heterocycles. The van der Waals surface area contributed by atoms with Crippen molar-refractivity contribution in [2.45, 2.75) is 11.8 Å². The van der Waals surface area contributed by atoms with Gasteiger partial charge in [-0.25, -0.2) is 22.9 Å². The number of benzene rings is 2. The van der Waals surface area contributed by atoms with Crippen molar-refractivity contribution in [1.29, 1.82) is 0 Å². The average molecular weight is 426 g/mol. The first-order chi connectivity index (χ1) is 14.3. The molecular weight excluding hydrogens is 407 g/mol. The highest BCUT2D eigenvalue weighted by Gasteiger charge is 2.13. The highest BCUT2D eigenvalue weighted by atomic mass is 32.2. The number of nitrogens with zero attached hydrogens (tertiary/aromatic N) is 2. The monoisotopic (exact) mass is 426 g/mol. The molecule has 1 heterocycles. The summed E-state index contributed by atoms with van der Waals surface area (Å²) in [7, 11) is -3.88. The summed E-state index contributed by atoms with van der Waals surface area (Å²) in [5, 5.41) is 14.0. The third-order valence-corrected chi connectivity index (χ3v) is 5.09. The van der Waals surface area contributed by atoms with Crippen molar-refractivity contribution in [3.63, 3.8) is 0 Å². The fraction of sp³-hybridized carbons (Fsp3) is 0.100. The summed E-state index contributed by atoms with van der Waals surface area (Å²) in [6.45, 7) is 2.03. The van der Waals surface area contributed by atoms with E-state index in [1.807, 2.05) is 0 Å². The van der Waals surface area contributed by atoms with Gasteiger partial charge in [-0.1, -0.05) is 12.0 Å². The predicted octanol–water partition coefficient (Wildman–Crippen LogP) is 3.10. The Morgan fingerprint density at radius 3 is 2.43 bits per heavy atom. The summed E-state index contributed by atoms with van der Waals surface area (Å²) in [6, 6.07) is 11.7. The zero-order valence-corrected chi connectivity index (χ0v) is 16.8. The van der Waals surface area contributed by atoms with Crippen LogP contribution in [0.2, 0.25) is 0 Å². The fourth-order valence-electron chi connectivity index (χ4n) is 2.59. The first-order valence-electron chi connectivity index (χ1n) is 8.74. The summed E-state index contributed by atoms with van der Waals surface area (Å²) < 4.78 is 37.5. The maximum atomic E-state index is 14.2. The molecule has 0 spiro atoms. The van der Waals surface area contributed by atoms with E-state index in [0.717, 1.165) is 11.9 Å². The first-order valence-corrected chi connectivity index (χ1v) is 10.3. The van der Waals surface area contributed by atoms with E-state index >= 15 is 0 Å². The van der Waals surface area contributed by atoms with E-state index in [2.05, 4.69) is 31.8 Å². The number of nitrogens with two attached hydrogens (primary N) is 1. The average Bonchev–Trinajstić information content (AvgIpc) is 2.70. The van der Waals surface area contributed by atoms with E-state index in [1.165, 1.54) is 6.07 Å². The molecule has 0 amide bonds. The van der Waals surface area contributed by atoms with Crippen molar-refractivity contribution in [1.82, 2.24) is 9.97 Å². The minimum atomic E-state index is -3.88. The standard InChI is InChI=1S/C20H19FN6O2S/c1-3-10-23-14-6-8-15(9-7-14)25-19-17(21)12-24-20(27-19)26-16-5-4-13(2)18(11-16)30(22,28)29/h1,4-9,11-12,23H,10H2,2H3,(H2,22,28,29)(H2,24,25,26,27). The third kappa shape index (κ3) is 5.22. The molecule has 30 heavy (non-hydrogen) atoms. The van der Waals surface area contributed by atoms with Gasteiger partial charge in [0.15, 0.2) is 11.6 Å². The Hall–Kier alpha value is -3.68. The van der Waals surface area contributed by atoms with Crippen LogP contribution in [0, 0.1) is 25.1 Å². The lowest BCUT2D eigenvalue weighted by Crippen LogP contribution is -2.14. The molecule has 154 valence electrons. The zero-order chi connectivity index (χ0) is 21.7. The molecule has 10 heteroatoms. The second kappa shape index (κ2) is 8.77. The summed E-state index contributed by atoms with van der Waals surface area (Å²) in [6.07, 6.45) is 6.22. The number of rotatable bonds is 7. The quantitative estimate of drug-likeness (QED) is 0.428. The Labute approximate surface area is 173 Å². The summed E-state index contributed by atoms with van der Waals surface area (Å²) in [5.74, 6) is 1.86. The van der Waals surface area contributed by atoms with Crippen LogP contribution < -0.4 is 21.1 Å². The van der Waals surface area contributed by atoms with Crippen molar-refractivity contribution in [3.05, 3.63) is 60.0 Å². The Morgan fingerprint density at radius 1 is 1.10 bits per heavy atom. The molecule has 0 atom stereocenters. The number of halogens is 1. The van der Waals surface area contributed by atoms with Gasteiger partial charge in [-0.3, -0.25) is 0 Å².